The van der Waals surface area contributed by atoms with Gasteiger partial charge >= 0.3 is 0 Å². The fraction of sp³-hybridized carbons (Fsp3) is 0. The topological polar surface area (TPSA) is 29.1 Å². The molecule has 1 N–H and O–H groups in total. The van der Waals surface area contributed by atoms with Crippen LogP contribution < -0.4 is 5.32 Å². The third kappa shape index (κ3) is 3.13. The van der Waals surface area contributed by atoms with Gasteiger partial charge in [-0.25, -0.2) is 13.2 Å². The highest BCUT2D eigenvalue weighted by Crippen LogP contribution is 2.24. The maximum Gasteiger partial charge on any atom is 0.257 e. The molecule has 0 saturated carbocycles. The first kappa shape index (κ1) is 14.9. The zero-order valence-corrected chi connectivity index (χ0v) is 12.0. The lowest BCUT2D eigenvalue weighted by Gasteiger charge is -2.08. The van der Waals surface area contributed by atoms with Crippen LogP contribution in [0.4, 0.5) is 18.9 Å². The van der Waals surface area contributed by atoms with Gasteiger partial charge in [0.2, 0.25) is 0 Å². The molecule has 0 aromatic heterocycles. The molecule has 0 fully saturated rings. The predicted molar refractivity (Wildman–Crippen MR) is 73.4 cm³/mol. The Hall–Kier alpha value is -1.53. The van der Waals surface area contributed by atoms with Gasteiger partial charge in [0.05, 0.1) is 16.3 Å². The lowest BCUT2D eigenvalue weighted by molar-refractivity contribution is 0.102. The molecule has 2 nitrogen and oxygen atoms in total. The van der Waals surface area contributed by atoms with E-state index in [4.69, 9.17) is 11.6 Å². The Morgan fingerprint density at radius 2 is 1.70 bits per heavy atom. The highest BCUT2D eigenvalue weighted by molar-refractivity contribution is 9.10. The molecule has 7 heteroatoms. The molecule has 0 radical (unpaired) electrons. The van der Waals surface area contributed by atoms with Gasteiger partial charge < -0.3 is 5.32 Å². The highest BCUT2D eigenvalue weighted by atomic mass is 79.9. The van der Waals surface area contributed by atoms with E-state index in [9.17, 15) is 18.0 Å². The molecule has 1 amide bonds. The minimum absolute atomic E-state index is 0.0742. The summed E-state index contributed by atoms with van der Waals surface area (Å²) in [5.74, 6) is -4.41. The van der Waals surface area contributed by atoms with Crippen LogP contribution in [0.25, 0.3) is 0 Å². The van der Waals surface area contributed by atoms with E-state index in [-0.39, 0.29) is 10.6 Å². The number of rotatable bonds is 2. The zero-order valence-electron chi connectivity index (χ0n) is 9.68. The van der Waals surface area contributed by atoms with Gasteiger partial charge in [0.25, 0.3) is 5.91 Å². The summed E-state index contributed by atoms with van der Waals surface area (Å²) in [4.78, 5) is 11.9. The van der Waals surface area contributed by atoms with Crippen LogP contribution in [0.2, 0.25) is 5.02 Å². The number of carbonyl (C=O) groups is 1. The Morgan fingerprint density at radius 3 is 2.40 bits per heavy atom. The fourth-order valence-corrected chi connectivity index (χ4v) is 2.04. The lowest BCUT2D eigenvalue weighted by Crippen LogP contribution is -2.14. The van der Waals surface area contributed by atoms with Crippen molar-refractivity contribution in [2.24, 2.45) is 0 Å². The zero-order chi connectivity index (χ0) is 14.9. The molecule has 2 aromatic carbocycles. The van der Waals surface area contributed by atoms with Gasteiger partial charge in [0.1, 0.15) is 5.82 Å². The van der Waals surface area contributed by atoms with Crippen molar-refractivity contribution in [1.82, 2.24) is 0 Å². The first-order valence-corrected chi connectivity index (χ1v) is 6.46. The van der Waals surface area contributed by atoms with Crippen LogP contribution >= 0.6 is 27.5 Å². The SMILES string of the molecule is O=C(Nc1cc(F)c(F)cc1F)c1cc(Br)ccc1Cl. The Kier molecular flexibility index (Phi) is 4.35. The average Bonchev–Trinajstić information content (AvgIpc) is 2.38. The smallest absolute Gasteiger partial charge is 0.257 e. The number of hydrogen-bond acceptors (Lipinski definition) is 1. The molecule has 0 aliphatic heterocycles. The predicted octanol–water partition coefficient (Wildman–Crippen LogP) is 4.77. The molecule has 20 heavy (non-hydrogen) atoms. The summed E-state index contributed by atoms with van der Waals surface area (Å²) in [7, 11) is 0. The van der Waals surface area contributed by atoms with Gasteiger partial charge in [-0.3, -0.25) is 4.79 Å². The van der Waals surface area contributed by atoms with Crippen molar-refractivity contribution < 1.29 is 18.0 Å². The number of anilines is 1. The van der Waals surface area contributed by atoms with E-state index in [1.54, 1.807) is 6.07 Å². The van der Waals surface area contributed by atoms with Crippen molar-refractivity contribution in [3.05, 3.63) is 62.8 Å². The normalized spacial score (nSPS) is 10.4. The summed E-state index contributed by atoms with van der Waals surface area (Å²) in [5, 5.41) is 2.28. The largest absolute Gasteiger partial charge is 0.319 e. The van der Waals surface area contributed by atoms with Gasteiger partial charge in [-0.05, 0) is 18.2 Å². The molecule has 2 aromatic rings. The summed E-state index contributed by atoms with van der Waals surface area (Å²) >= 11 is 9.01. The van der Waals surface area contributed by atoms with Gasteiger partial charge in [0.15, 0.2) is 11.6 Å². The van der Waals surface area contributed by atoms with Crippen LogP contribution in [-0.4, -0.2) is 5.91 Å². The number of nitrogens with one attached hydrogen (secondary N) is 1. The molecule has 104 valence electrons. The molecular formula is C13H6BrClF3NO. The van der Waals surface area contributed by atoms with Crippen LogP contribution in [0.5, 0.6) is 0 Å². The van der Waals surface area contributed by atoms with Crippen LogP contribution in [0.15, 0.2) is 34.8 Å². The molecule has 0 aliphatic carbocycles. The van der Waals surface area contributed by atoms with E-state index in [0.717, 1.165) is 0 Å². The standard InChI is InChI=1S/C13H6BrClF3NO/c14-6-1-2-8(15)7(3-6)13(20)19-12-5-10(17)9(16)4-11(12)18/h1-5H,(H,19,20). The summed E-state index contributed by atoms with van der Waals surface area (Å²) in [6.07, 6.45) is 0. The number of amides is 1. The second kappa shape index (κ2) is 5.85. The maximum atomic E-state index is 13.4. The summed E-state index contributed by atoms with van der Waals surface area (Å²) in [6.45, 7) is 0. The quantitative estimate of drug-likeness (QED) is 0.764. The molecule has 0 bridgehead atoms. The van der Waals surface area contributed by atoms with E-state index in [1.165, 1.54) is 12.1 Å². The fourth-order valence-electron chi connectivity index (χ4n) is 1.48. The Labute approximate surface area is 125 Å². The van der Waals surface area contributed by atoms with Gasteiger partial charge in [-0.1, -0.05) is 27.5 Å². The number of hydrogen-bond donors (Lipinski definition) is 1. The van der Waals surface area contributed by atoms with Crippen molar-refractivity contribution in [3.8, 4) is 0 Å². The molecule has 0 heterocycles. The van der Waals surface area contributed by atoms with E-state index in [2.05, 4.69) is 21.2 Å². The Bertz CT molecular complexity index is 694. The Balaban J connectivity index is 2.32. The minimum atomic E-state index is -1.33. The van der Waals surface area contributed by atoms with E-state index < -0.39 is 29.0 Å². The van der Waals surface area contributed by atoms with Crippen molar-refractivity contribution in [2.45, 2.75) is 0 Å². The molecule has 2 rings (SSSR count). The van der Waals surface area contributed by atoms with Crippen molar-refractivity contribution in [3.63, 3.8) is 0 Å². The summed E-state index contributed by atoms with van der Waals surface area (Å²) in [6, 6.07) is 5.44. The molecule has 0 atom stereocenters. The third-order valence-electron chi connectivity index (χ3n) is 2.43. The summed E-state index contributed by atoms with van der Waals surface area (Å²) in [5.41, 5.74) is -0.393. The molecule has 0 saturated heterocycles. The number of carbonyl (C=O) groups excluding carboxylic acids is 1. The van der Waals surface area contributed by atoms with Crippen LogP contribution in [0.1, 0.15) is 10.4 Å². The van der Waals surface area contributed by atoms with E-state index in [0.29, 0.717) is 16.6 Å². The second-order valence-corrected chi connectivity index (χ2v) is 5.15. The van der Waals surface area contributed by atoms with Gasteiger partial charge in [-0.15, -0.1) is 0 Å². The minimum Gasteiger partial charge on any atom is -0.319 e. The first-order chi connectivity index (χ1) is 9.38. The maximum absolute atomic E-state index is 13.4. The first-order valence-electron chi connectivity index (χ1n) is 5.29. The van der Waals surface area contributed by atoms with Crippen molar-refractivity contribution in [2.75, 3.05) is 5.32 Å². The Morgan fingerprint density at radius 1 is 1.05 bits per heavy atom. The summed E-state index contributed by atoms with van der Waals surface area (Å²) < 4.78 is 39.8. The highest BCUT2D eigenvalue weighted by Gasteiger charge is 2.15. The molecular weight excluding hydrogens is 358 g/mol. The lowest BCUT2D eigenvalue weighted by atomic mass is 10.2. The van der Waals surface area contributed by atoms with E-state index in [1.807, 2.05) is 0 Å². The number of benzene rings is 2. The van der Waals surface area contributed by atoms with Gasteiger partial charge in [0, 0.05) is 16.6 Å². The second-order valence-electron chi connectivity index (χ2n) is 3.82. The third-order valence-corrected chi connectivity index (χ3v) is 3.25. The van der Waals surface area contributed by atoms with Gasteiger partial charge in [-0.2, -0.15) is 0 Å². The van der Waals surface area contributed by atoms with Crippen LogP contribution in [-0.2, 0) is 0 Å². The average molecular weight is 365 g/mol. The van der Waals surface area contributed by atoms with Crippen molar-refractivity contribution >= 4 is 39.1 Å². The molecule has 0 aliphatic rings. The molecule has 0 spiro atoms. The van der Waals surface area contributed by atoms with Crippen LogP contribution in [0, 0.1) is 17.5 Å². The van der Waals surface area contributed by atoms with E-state index >= 15 is 0 Å². The van der Waals surface area contributed by atoms with Crippen LogP contribution in [0.3, 0.4) is 0 Å². The van der Waals surface area contributed by atoms with Crippen molar-refractivity contribution in [1.29, 1.82) is 0 Å². The number of halogens is 5. The monoisotopic (exact) mass is 363 g/mol. The molecule has 0 unspecified atom stereocenters.